The number of hydrogen-bond acceptors (Lipinski definition) is 4. The van der Waals surface area contributed by atoms with Crippen molar-refractivity contribution in [1.82, 2.24) is 15.5 Å². The molecule has 2 heterocycles. The summed E-state index contributed by atoms with van der Waals surface area (Å²) in [5.41, 5.74) is 0.327. The molecule has 6 heteroatoms. The minimum atomic E-state index is -0.367. The summed E-state index contributed by atoms with van der Waals surface area (Å²) >= 11 is 3.31. The average molecular weight is 340 g/mol. The second-order valence-corrected chi connectivity index (χ2v) is 5.88. The molecule has 1 aromatic carbocycles. The van der Waals surface area contributed by atoms with E-state index in [4.69, 9.17) is 4.52 Å². The van der Waals surface area contributed by atoms with Crippen LogP contribution in [0.5, 0.6) is 0 Å². The summed E-state index contributed by atoms with van der Waals surface area (Å²) in [6, 6.07) is 4.77. The van der Waals surface area contributed by atoms with Crippen molar-refractivity contribution < 1.29 is 8.91 Å². The van der Waals surface area contributed by atoms with Gasteiger partial charge in [-0.05, 0) is 59.9 Å². The molecule has 1 N–H and O–H groups in total. The summed E-state index contributed by atoms with van der Waals surface area (Å²) in [4.78, 5) is 4.32. The van der Waals surface area contributed by atoms with Crippen molar-refractivity contribution in [2.24, 2.45) is 5.92 Å². The van der Waals surface area contributed by atoms with Crippen molar-refractivity contribution in [3.8, 4) is 11.5 Å². The lowest BCUT2D eigenvalue weighted by Gasteiger charge is -2.20. The molecule has 0 saturated carbocycles. The SMILES string of the molecule is Fc1cccc(Br)c1-c1nc(CC2CCCNC2)no1. The van der Waals surface area contributed by atoms with E-state index in [0.29, 0.717) is 21.8 Å². The average Bonchev–Trinajstić information content (AvgIpc) is 2.88. The van der Waals surface area contributed by atoms with Crippen LogP contribution in [-0.2, 0) is 6.42 Å². The van der Waals surface area contributed by atoms with Crippen LogP contribution in [0.4, 0.5) is 4.39 Å². The molecule has 1 unspecified atom stereocenters. The minimum Gasteiger partial charge on any atom is -0.334 e. The summed E-state index contributed by atoms with van der Waals surface area (Å²) in [5.74, 6) is 1.03. The third-order valence-corrected chi connectivity index (χ3v) is 4.18. The normalized spacial score (nSPS) is 19.2. The lowest BCUT2D eigenvalue weighted by molar-refractivity contribution is 0.359. The van der Waals surface area contributed by atoms with Crippen molar-refractivity contribution >= 4 is 15.9 Å². The quantitative estimate of drug-likeness (QED) is 0.932. The Hall–Kier alpha value is -1.27. The Balaban J connectivity index is 1.79. The molecule has 106 valence electrons. The van der Waals surface area contributed by atoms with Crippen molar-refractivity contribution in [2.45, 2.75) is 19.3 Å². The Kier molecular flexibility index (Phi) is 4.12. The first kappa shape index (κ1) is 13.7. The van der Waals surface area contributed by atoms with Gasteiger partial charge < -0.3 is 9.84 Å². The lowest BCUT2D eigenvalue weighted by atomic mass is 9.96. The summed E-state index contributed by atoms with van der Waals surface area (Å²) < 4.78 is 19.7. The van der Waals surface area contributed by atoms with Gasteiger partial charge in [0.25, 0.3) is 5.89 Å². The molecule has 0 radical (unpaired) electrons. The molecular formula is C14H15BrFN3O. The molecule has 1 saturated heterocycles. The van der Waals surface area contributed by atoms with Crippen molar-refractivity contribution in [2.75, 3.05) is 13.1 Å². The second kappa shape index (κ2) is 6.01. The number of nitrogens with zero attached hydrogens (tertiary/aromatic N) is 2. The van der Waals surface area contributed by atoms with Crippen molar-refractivity contribution in [3.05, 3.63) is 34.3 Å². The molecule has 20 heavy (non-hydrogen) atoms. The molecule has 2 aromatic rings. The molecule has 0 amide bonds. The van der Waals surface area contributed by atoms with Gasteiger partial charge in [-0.3, -0.25) is 0 Å². The second-order valence-electron chi connectivity index (χ2n) is 5.03. The maximum atomic E-state index is 13.8. The Labute approximate surface area is 124 Å². The van der Waals surface area contributed by atoms with Gasteiger partial charge in [-0.15, -0.1) is 0 Å². The van der Waals surface area contributed by atoms with E-state index in [2.05, 4.69) is 31.4 Å². The van der Waals surface area contributed by atoms with Crippen LogP contribution in [0.1, 0.15) is 18.7 Å². The van der Waals surface area contributed by atoms with E-state index < -0.39 is 0 Å². The third-order valence-electron chi connectivity index (χ3n) is 3.51. The van der Waals surface area contributed by atoms with Crippen LogP contribution >= 0.6 is 15.9 Å². The molecule has 1 aliphatic heterocycles. The highest BCUT2D eigenvalue weighted by atomic mass is 79.9. The van der Waals surface area contributed by atoms with Crippen LogP contribution in [0.3, 0.4) is 0 Å². The maximum Gasteiger partial charge on any atom is 0.262 e. The zero-order valence-electron chi connectivity index (χ0n) is 10.9. The fourth-order valence-electron chi connectivity index (χ4n) is 2.50. The van der Waals surface area contributed by atoms with E-state index in [0.717, 1.165) is 19.5 Å². The highest BCUT2D eigenvalue weighted by molar-refractivity contribution is 9.10. The minimum absolute atomic E-state index is 0.230. The van der Waals surface area contributed by atoms with Gasteiger partial charge in [-0.2, -0.15) is 4.98 Å². The van der Waals surface area contributed by atoms with Crippen molar-refractivity contribution in [1.29, 1.82) is 0 Å². The predicted octanol–water partition coefficient (Wildman–Crippen LogP) is 3.18. The smallest absolute Gasteiger partial charge is 0.262 e. The van der Waals surface area contributed by atoms with Crippen LogP contribution in [0.25, 0.3) is 11.5 Å². The topological polar surface area (TPSA) is 51.0 Å². The van der Waals surface area contributed by atoms with Crippen LogP contribution in [0.15, 0.2) is 27.2 Å². The number of piperidine rings is 1. The van der Waals surface area contributed by atoms with Gasteiger partial charge in [-0.25, -0.2) is 4.39 Å². The predicted molar refractivity (Wildman–Crippen MR) is 76.7 cm³/mol. The van der Waals surface area contributed by atoms with E-state index in [-0.39, 0.29) is 11.7 Å². The molecule has 1 aliphatic rings. The van der Waals surface area contributed by atoms with Gasteiger partial charge in [0, 0.05) is 10.9 Å². The maximum absolute atomic E-state index is 13.8. The molecule has 0 spiro atoms. The zero-order chi connectivity index (χ0) is 13.9. The van der Waals surface area contributed by atoms with E-state index in [9.17, 15) is 4.39 Å². The van der Waals surface area contributed by atoms with Gasteiger partial charge in [0.1, 0.15) is 5.82 Å². The van der Waals surface area contributed by atoms with Crippen molar-refractivity contribution in [3.63, 3.8) is 0 Å². The first-order valence-corrected chi connectivity index (χ1v) is 7.51. The number of nitrogens with one attached hydrogen (secondary N) is 1. The standard InChI is InChI=1S/C14H15BrFN3O/c15-10-4-1-5-11(16)13(10)14-18-12(19-20-14)7-9-3-2-6-17-8-9/h1,4-5,9,17H,2-3,6-8H2. The number of benzene rings is 1. The first-order valence-electron chi connectivity index (χ1n) is 6.71. The van der Waals surface area contributed by atoms with Gasteiger partial charge in [0.05, 0.1) is 5.56 Å². The number of halogens is 2. The molecule has 0 aliphatic carbocycles. The first-order chi connectivity index (χ1) is 9.74. The molecule has 4 nitrogen and oxygen atoms in total. The Bertz CT molecular complexity index is 576. The van der Waals surface area contributed by atoms with Gasteiger partial charge >= 0.3 is 0 Å². The van der Waals surface area contributed by atoms with Gasteiger partial charge in [0.15, 0.2) is 5.82 Å². The summed E-state index contributed by atoms with van der Waals surface area (Å²) in [6.07, 6.45) is 3.11. The van der Waals surface area contributed by atoms with E-state index in [1.54, 1.807) is 12.1 Å². The number of aromatic nitrogens is 2. The summed E-state index contributed by atoms with van der Waals surface area (Å²) in [6.45, 7) is 2.06. The largest absolute Gasteiger partial charge is 0.334 e. The molecule has 1 aromatic heterocycles. The molecule has 0 bridgehead atoms. The third kappa shape index (κ3) is 2.91. The summed E-state index contributed by atoms with van der Waals surface area (Å²) in [5, 5.41) is 7.33. The monoisotopic (exact) mass is 339 g/mol. The highest BCUT2D eigenvalue weighted by Crippen LogP contribution is 2.29. The van der Waals surface area contributed by atoms with E-state index in [1.807, 2.05) is 0 Å². The highest BCUT2D eigenvalue weighted by Gasteiger charge is 2.20. The van der Waals surface area contributed by atoms with E-state index >= 15 is 0 Å². The fourth-order valence-corrected chi connectivity index (χ4v) is 3.01. The fraction of sp³-hybridized carbons (Fsp3) is 0.429. The van der Waals surface area contributed by atoms with Crippen LogP contribution in [-0.4, -0.2) is 23.2 Å². The van der Waals surface area contributed by atoms with E-state index in [1.165, 1.54) is 18.9 Å². The Morgan fingerprint density at radius 1 is 1.45 bits per heavy atom. The van der Waals surface area contributed by atoms with Crippen LogP contribution in [0.2, 0.25) is 0 Å². The molecule has 3 rings (SSSR count). The Morgan fingerprint density at radius 3 is 3.10 bits per heavy atom. The lowest BCUT2D eigenvalue weighted by Crippen LogP contribution is -2.31. The Morgan fingerprint density at radius 2 is 2.35 bits per heavy atom. The number of hydrogen-bond donors (Lipinski definition) is 1. The van der Waals surface area contributed by atoms with Gasteiger partial charge in [0.2, 0.25) is 0 Å². The molecule has 1 atom stereocenters. The van der Waals surface area contributed by atoms with Crippen LogP contribution in [0, 0.1) is 11.7 Å². The molecule has 1 fully saturated rings. The van der Waals surface area contributed by atoms with Crippen LogP contribution < -0.4 is 5.32 Å². The van der Waals surface area contributed by atoms with Gasteiger partial charge in [-0.1, -0.05) is 11.2 Å². The number of rotatable bonds is 3. The zero-order valence-corrected chi connectivity index (χ0v) is 12.5. The molecular weight excluding hydrogens is 325 g/mol. The summed E-state index contributed by atoms with van der Waals surface area (Å²) in [7, 11) is 0.